The van der Waals surface area contributed by atoms with E-state index >= 15 is 0 Å². The Labute approximate surface area is 109 Å². The first-order valence-electron chi connectivity index (χ1n) is 6.31. The van der Waals surface area contributed by atoms with E-state index < -0.39 is 29.1 Å². The number of hydrogen-bond acceptors (Lipinski definition) is 3. The third kappa shape index (κ3) is 2.50. The normalized spacial score (nSPS) is 33.1. The highest BCUT2D eigenvalue weighted by Crippen LogP contribution is 2.35. The van der Waals surface area contributed by atoms with Crippen LogP contribution >= 0.6 is 0 Å². The van der Waals surface area contributed by atoms with Crippen LogP contribution in [0.5, 0.6) is 0 Å². The summed E-state index contributed by atoms with van der Waals surface area (Å²) in [5.41, 5.74) is 3.68. The summed E-state index contributed by atoms with van der Waals surface area (Å²) < 4.78 is 45.0. The van der Waals surface area contributed by atoms with E-state index in [4.69, 9.17) is 7.10 Å². The summed E-state index contributed by atoms with van der Waals surface area (Å²) in [7, 11) is 0. The highest BCUT2D eigenvalue weighted by Gasteiger charge is 2.42. The fourth-order valence-electron chi connectivity index (χ4n) is 2.25. The molecule has 6 heteroatoms. The number of alkyl halides is 3. The van der Waals surface area contributed by atoms with Crippen molar-refractivity contribution in [3.8, 4) is 0 Å². The molecule has 0 unspecified atom stereocenters. The second kappa shape index (κ2) is 4.61. The summed E-state index contributed by atoms with van der Waals surface area (Å²) in [5.74, 6) is -0.879. The Morgan fingerprint density at radius 3 is 2.47 bits per heavy atom. The number of halogens is 3. The highest BCUT2D eigenvalue weighted by atomic mass is 19.4. The van der Waals surface area contributed by atoms with Gasteiger partial charge in [-0.2, -0.15) is 13.2 Å². The molecule has 3 N–H and O–H groups in total. The van der Waals surface area contributed by atoms with E-state index in [1.807, 2.05) is 0 Å². The first-order chi connectivity index (χ1) is 9.07. The van der Waals surface area contributed by atoms with E-state index in [1.165, 1.54) is 0 Å². The number of hydrogen-bond donors (Lipinski definition) is 2. The van der Waals surface area contributed by atoms with E-state index in [2.05, 4.69) is 0 Å². The van der Waals surface area contributed by atoms with Gasteiger partial charge < -0.3 is 10.8 Å². The average molecular weight is 274 g/mol. The van der Waals surface area contributed by atoms with Crippen molar-refractivity contribution >= 4 is 5.78 Å². The molecule has 1 fully saturated rings. The van der Waals surface area contributed by atoms with Crippen LogP contribution < -0.4 is 5.73 Å². The lowest BCUT2D eigenvalue weighted by molar-refractivity contribution is -0.137. The number of benzene rings is 1. The van der Waals surface area contributed by atoms with Gasteiger partial charge in [0, 0.05) is 0 Å². The molecule has 0 heterocycles. The van der Waals surface area contributed by atoms with Gasteiger partial charge in [-0.05, 0) is 37.0 Å². The molecule has 3 nitrogen and oxygen atoms in total. The van der Waals surface area contributed by atoms with Gasteiger partial charge in [0.05, 0.1) is 6.93 Å². The maximum Gasteiger partial charge on any atom is 0.416 e. The van der Waals surface area contributed by atoms with Gasteiger partial charge in [-0.1, -0.05) is 12.1 Å². The zero-order valence-electron chi connectivity index (χ0n) is 11.0. The zero-order valence-corrected chi connectivity index (χ0v) is 10.00. The molecule has 104 valence electrons. The predicted octanol–water partition coefficient (Wildman–Crippen LogP) is 1.97. The summed E-state index contributed by atoms with van der Waals surface area (Å²) in [6.45, 7) is 0. The van der Waals surface area contributed by atoms with Gasteiger partial charge in [0.15, 0.2) is 5.78 Å². The van der Waals surface area contributed by atoms with Crippen LogP contribution in [0.4, 0.5) is 13.2 Å². The average Bonchev–Trinajstić information content (AvgIpc) is 2.35. The number of rotatable bonds is 1. The summed E-state index contributed by atoms with van der Waals surface area (Å²) in [5, 5.41) is 9.68. The SMILES string of the molecule is [2H][C@@]1(O)CCC[C@@](N)(c2ccc(C(F)(F)F)cc2)C1=O. The van der Waals surface area contributed by atoms with Crippen molar-refractivity contribution in [2.45, 2.75) is 37.1 Å². The zero-order chi connectivity index (χ0) is 15.2. The molecule has 2 rings (SSSR count). The molecule has 1 aliphatic carbocycles. The molecule has 0 spiro atoms. The van der Waals surface area contributed by atoms with Crippen LogP contribution in [0.15, 0.2) is 24.3 Å². The monoisotopic (exact) mass is 274 g/mol. The first-order valence-corrected chi connectivity index (χ1v) is 5.81. The van der Waals surface area contributed by atoms with Crippen molar-refractivity contribution in [2.75, 3.05) is 0 Å². The topological polar surface area (TPSA) is 63.3 Å². The Hall–Kier alpha value is -1.40. The van der Waals surface area contributed by atoms with Gasteiger partial charge in [-0.3, -0.25) is 4.79 Å². The van der Waals surface area contributed by atoms with Crippen molar-refractivity contribution < 1.29 is 24.4 Å². The summed E-state index contributed by atoms with van der Waals surface area (Å²) in [6, 6.07) is 3.94. The van der Waals surface area contributed by atoms with E-state index in [1.54, 1.807) is 0 Å². The molecule has 0 aromatic heterocycles. The molecule has 0 aliphatic heterocycles. The van der Waals surface area contributed by atoms with Crippen LogP contribution in [-0.2, 0) is 16.5 Å². The van der Waals surface area contributed by atoms with Crippen LogP contribution in [0.2, 0.25) is 0 Å². The van der Waals surface area contributed by atoms with E-state index in [0.29, 0.717) is 6.42 Å². The maximum atomic E-state index is 12.5. The van der Waals surface area contributed by atoms with E-state index in [-0.39, 0.29) is 18.4 Å². The molecule has 1 saturated carbocycles. The van der Waals surface area contributed by atoms with Gasteiger partial charge in [-0.25, -0.2) is 0 Å². The standard InChI is InChI=1S/C13H14F3NO2/c14-13(15,16)9-5-3-8(4-6-9)12(17)7-1-2-10(18)11(12)19/h3-6,10,18H,1-2,7,17H2/t10-,12-/m1/s1/i10D. The molecule has 0 saturated heterocycles. The van der Waals surface area contributed by atoms with Crippen LogP contribution in [0.3, 0.4) is 0 Å². The fourth-order valence-corrected chi connectivity index (χ4v) is 2.25. The molecule has 0 radical (unpaired) electrons. The van der Waals surface area contributed by atoms with Crippen LogP contribution in [0.1, 0.15) is 31.8 Å². The molecule has 1 aromatic carbocycles. The lowest BCUT2D eigenvalue weighted by atomic mass is 9.75. The molecule has 0 bridgehead atoms. The molecule has 2 atom stereocenters. The summed E-state index contributed by atoms with van der Waals surface area (Å²) >= 11 is 0. The number of carbonyl (C=O) groups excluding carboxylic acids is 1. The first kappa shape index (κ1) is 12.6. The number of carbonyl (C=O) groups is 1. The minimum atomic E-state index is -4.47. The predicted molar refractivity (Wildman–Crippen MR) is 62.2 cm³/mol. The van der Waals surface area contributed by atoms with Crippen molar-refractivity contribution in [1.82, 2.24) is 0 Å². The highest BCUT2D eigenvalue weighted by molar-refractivity contribution is 5.93. The Morgan fingerprint density at radius 1 is 1.37 bits per heavy atom. The smallest absolute Gasteiger partial charge is 0.385 e. The molecule has 19 heavy (non-hydrogen) atoms. The summed E-state index contributed by atoms with van der Waals surface area (Å²) in [6.07, 6.45) is -6.23. The molecular formula is C13H14F3NO2. The van der Waals surface area contributed by atoms with Gasteiger partial charge in [0.1, 0.15) is 11.6 Å². The molecule has 1 aromatic rings. The third-order valence-corrected chi connectivity index (χ3v) is 3.38. The Kier molecular flexibility index (Phi) is 3.06. The Balaban J connectivity index is 2.37. The fraction of sp³-hybridized carbons (Fsp3) is 0.462. The summed E-state index contributed by atoms with van der Waals surface area (Å²) in [4.78, 5) is 12.1. The van der Waals surface area contributed by atoms with Crippen LogP contribution in [0, 0.1) is 0 Å². The second-order valence-electron chi connectivity index (χ2n) is 4.68. The number of aliphatic hydroxyl groups is 1. The number of nitrogens with two attached hydrogens (primary N) is 1. The number of Topliss-reactive ketones (excluding diaryl/α,β-unsaturated/α-hetero) is 1. The maximum absolute atomic E-state index is 12.5. The lowest BCUT2D eigenvalue weighted by Crippen LogP contribution is -2.52. The van der Waals surface area contributed by atoms with E-state index in [0.717, 1.165) is 24.3 Å². The van der Waals surface area contributed by atoms with Crippen LogP contribution in [0.25, 0.3) is 0 Å². The third-order valence-electron chi connectivity index (χ3n) is 3.38. The van der Waals surface area contributed by atoms with Gasteiger partial charge in [0.2, 0.25) is 0 Å². The van der Waals surface area contributed by atoms with Crippen molar-refractivity contribution in [3.05, 3.63) is 35.4 Å². The van der Waals surface area contributed by atoms with Crippen LogP contribution in [-0.4, -0.2) is 17.0 Å². The van der Waals surface area contributed by atoms with Gasteiger partial charge in [-0.15, -0.1) is 0 Å². The minimum Gasteiger partial charge on any atom is -0.385 e. The Bertz CT molecular complexity index is 527. The largest absolute Gasteiger partial charge is 0.416 e. The van der Waals surface area contributed by atoms with Crippen molar-refractivity contribution in [3.63, 3.8) is 0 Å². The van der Waals surface area contributed by atoms with Crippen molar-refractivity contribution in [2.24, 2.45) is 5.73 Å². The quantitative estimate of drug-likeness (QED) is 0.823. The van der Waals surface area contributed by atoms with Gasteiger partial charge >= 0.3 is 6.18 Å². The van der Waals surface area contributed by atoms with E-state index in [9.17, 15) is 23.1 Å². The Morgan fingerprint density at radius 2 is 1.95 bits per heavy atom. The molecule has 1 aliphatic rings. The minimum absolute atomic E-state index is 0.0224. The lowest BCUT2D eigenvalue weighted by Gasteiger charge is -2.34. The molecule has 0 amide bonds. The number of ketones is 1. The second-order valence-corrected chi connectivity index (χ2v) is 4.68. The molecular weight excluding hydrogens is 259 g/mol. The van der Waals surface area contributed by atoms with Gasteiger partial charge in [0.25, 0.3) is 0 Å². The van der Waals surface area contributed by atoms with Crippen molar-refractivity contribution in [1.29, 1.82) is 0 Å².